The number of carbonyl (C=O) groups is 1. The average molecular weight is 637 g/mol. The number of rotatable bonds is 11. The zero-order chi connectivity index (χ0) is 30.8. The molecule has 2 aliphatic rings. The number of fused-ring (bicyclic) bond motifs is 1. The zero-order valence-electron chi connectivity index (χ0n) is 24.2. The third kappa shape index (κ3) is 6.93. The van der Waals surface area contributed by atoms with Crippen LogP contribution in [0, 0.1) is 0 Å². The number of benzene rings is 1. The van der Waals surface area contributed by atoms with Crippen LogP contribution in [0.15, 0.2) is 36.7 Å². The summed E-state index contributed by atoms with van der Waals surface area (Å²) in [6.45, 7) is -0.639. The van der Waals surface area contributed by atoms with Crippen molar-refractivity contribution in [3.05, 3.63) is 36.7 Å². The average Bonchev–Trinajstić information content (AvgIpc) is 3.49. The van der Waals surface area contributed by atoms with Crippen LogP contribution in [0.4, 0.5) is 5.95 Å². The summed E-state index contributed by atoms with van der Waals surface area (Å²) in [5, 5.41) is 25.5. The molecule has 14 nitrogen and oxygen atoms in total. The number of aliphatic hydroxyl groups is 2. The van der Waals surface area contributed by atoms with Gasteiger partial charge in [-0.15, -0.1) is 0 Å². The van der Waals surface area contributed by atoms with E-state index >= 15 is 0 Å². The van der Waals surface area contributed by atoms with Crippen LogP contribution in [-0.2, 0) is 30.6 Å². The van der Waals surface area contributed by atoms with Gasteiger partial charge in [0.25, 0.3) is 0 Å². The molecule has 5 N–H and O–H groups in total. The Labute approximate surface area is 254 Å². The highest BCUT2D eigenvalue weighted by atomic mass is 32.5. The van der Waals surface area contributed by atoms with Crippen molar-refractivity contribution in [1.82, 2.24) is 24.6 Å². The third-order valence-electron chi connectivity index (χ3n) is 7.53. The topological polar surface area (TPSA) is 185 Å². The van der Waals surface area contributed by atoms with Crippen LogP contribution in [0.25, 0.3) is 11.2 Å². The van der Waals surface area contributed by atoms with E-state index < -0.39 is 42.7 Å². The highest BCUT2D eigenvalue weighted by molar-refractivity contribution is 8.09. The lowest BCUT2D eigenvalue weighted by Crippen LogP contribution is -2.44. The third-order valence-corrected chi connectivity index (χ3v) is 10.0. The summed E-state index contributed by atoms with van der Waals surface area (Å²) in [5.74, 6) is 0.0654. The first kappa shape index (κ1) is 31.5. The fourth-order valence-electron chi connectivity index (χ4n) is 5.22. The molecule has 0 radical (unpaired) electrons. The smallest absolute Gasteiger partial charge is 0.323 e. The Hall–Kier alpha value is -2.91. The Bertz CT molecular complexity index is 1470. The van der Waals surface area contributed by atoms with Crippen molar-refractivity contribution in [1.29, 1.82) is 0 Å². The summed E-state index contributed by atoms with van der Waals surface area (Å²) in [6, 6.07) is 7.98. The van der Waals surface area contributed by atoms with Gasteiger partial charge in [0, 0.05) is 0 Å². The minimum Gasteiger partial charge on any atom is -0.479 e. The molecule has 5 rings (SSSR count). The van der Waals surface area contributed by atoms with E-state index in [1.165, 1.54) is 24.9 Å². The lowest BCUT2D eigenvalue weighted by molar-refractivity contribution is -0.152. The molecule has 1 saturated heterocycles. The van der Waals surface area contributed by atoms with Gasteiger partial charge in [-0.1, -0.05) is 24.6 Å². The zero-order valence-corrected chi connectivity index (χ0v) is 25.9. The van der Waals surface area contributed by atoms with E-state index in [0.717, 1.165) is 32.1 Å². The quantitative estimate of drug-likeness (QED) is 0.178. The molecule has 16 heteroatoms. The van der Waals surface area contributed by atoms with E-state index in [1.807, 2.05) is 6.07 Å². The minimum absolute atomic E-state index is 0.0647. The number of imidazole rings is 1. The Morgan fingerprint density at radius 3 is 2.70 bits per heavy atom. The standard InChI is InChI=1S/C27H37N6O8PS/c1-16(24(35)39-17-10-6-4-7-11-17)32-42(43,41-18-12-8-5-9-13-18)38-14-19-21(34)27(2,36)25(40-19)33-15-29-20-22(33)30-26(28)31-23(20)37-3/h5,8-9,12-13,15-17,19,21,25,34,36H,4,6-7,10-11,14H2,1-3H3,(H,32,43)(H2,28,30,31)/t16-,19+,21+,25+,27+,42?/m0/s1. The summed E-state index contributed by atoms with van der Waals surface area (Å²) < 4.78 is 30.7. The molecular formula is C27H37N6O8PS. The molecule has 0 spiro atoms. The predicted octanol–water partition coefficient (Wildman–Crippen LogP) is 2.60. The molecule has 43 heavy (non-hydrogen) atoms. The molecule has 234 valence electrons. The number of nitrogens with zero attached hydrogens (tertiary/aromatic N) is 4. The van der Waals surface area contributed by atoms with Crippen molar-refractivity contribution in [2.24, 2.45) is 0 Å². The second-order valence-electron chi connectivity index (χ2n) is 10.9. The van der Waals surface area contributed by atoms with Gasteiger partial charge in [0.05, 0.1) is 20.0 Å². The molecule has 1 saturated carbocycles. The van der Waals surface area contributed by atoms with Crippen molar-refractivity contribution in [2.75, 3.05) is 19.5 Å². The number of ether oxygens (including phenoxy) is 3. The fourth-order valence-corrected chi connectivity index (χ4v) is 7.64. The molecule has 0 amide bonds. The number of aliphatic hydroxyl groups excluding tert-OH is 1. The Morgan fingerprint density at radius 2 is 2.00 bits per heavy atom. The number of para-hydroxylation sites is 1. The van der Waals surface area contributed by atoms with Gasteiger partial charge in [-0.25, -0.2) is 10.1 Å². The van der Waals surface area contributed by atoms with Gasteiger partial charge in [-0.05, 0) is 63.5 Å². The maximum Gasteiger partial charge on any atom is 0.323 e. The molecule has 3 heterocycles. The molecule has 6 atom stereocenters. The number of hydrogen-bond acceptors (Lipinski definition) is 13. The van der Waals surface area contributed by atoms with Gasteiger partial charge in [-0.2, -0.15) is 9.97 Å². The van der Waals surface area contributed by atoms with Crippen molar-refractivity contribution < 1.29 is 38.3 Å². The van der Waals surface area contributed by atoms with Crippen LogP contribution in [0.2, 0.25) is 0 Å². The van der Waals surface area contributed by atoms with E-state index in [-0.39, 0.29) is 30.2 Å². The maximum absolute atomic E-state index is 12.9. The molecule has 1 aliphatic heterocycles. The molecule has 1 aromatic carbocycles. The highest BCUT2D eigenvalue weighted by Gasteiger charge is 2.54. The molecule has 0 bridgehead atoms. The number of esters is 1. The Balaban J connectivity index is 1.33. The summed E-state index contributed by atoms with van der Waals surface area (Å²) in [6.07, 6.45) is 2.52. The number of nitrogens with two attached hydrogens (primary N) is 1. The van der Waals surface area contributed by atoms with Gasteiger partial charge in [0.1, 0.15) is 35.7 Å². The summed E-state index contributed by atoms with van der Waals surface area (Å²) in [7, 11) is 1.42. The maximum atomic E-state index is 12.9. The van der Waals surface area contributed by atoms with Gasteiger partial charge in [0.2, 0.25) is 11.8 Å². The van der Waals surface area contributed by atoms with E-state index in [2.05, 4.69) is 20.0 Å². The first-order valence-corrected chi connectivity index (χ1v) is 16.7. The first-order valence-electron chi connectivity index (χ1n) is 14.1. The Morgan fingerprint density at radius 1 is 1.28 bits per heavy atom. The van der Waals surface area contributed by atoms with E-state index in [0.29, 0.717) is 11.3 Å². The lowest BCUT2D eigenvalue weighted by Gasteiger charge is -2.29. The van der Waals surface area contributed by atoms with Crippen LogP contribution in [-0.4, -0.2) is 79.4 Å². The number of aromatic nitrogens is 4. The largest absolute Gasteiger partial charge is 0.479 e. The predicted molar refractivity (Wildman–Crippen MR) is 160 cm³/mol. The van der Waals surface area contributed by atoms with Gasteiger partial charge in [0.15, 0.2) is 17.4 Å². The second-order valence-corrected chi connectivity index (χ2v) is 14.0. The number of carbonyl (C=O) groups excluding carboxylic acids is 1. The fraction of sp³-hybridized carbons (Fsp3) is 0.556. The lowest BCUT2D eigenvalue weighted by atomic mass is 9.96. The van der Waals surface area contributed by atoms with Crippen molar-refractivity contribution >= 4 is 41.5 Å². The number of methoxy groups -OCH3 is 1. The monoisotopic (exact) mass is 636 g/mol. The molecule has 3 aromatic rings. The summed E-state index contributed by atoms with van der Waals surface area (Å²) in [5.41, 5.74) is 4.58. The van der Waals surface area contributed by atoms with Crippen LogP contribution >= 0.6 is 6.64 Å². The number of anilines is 1. The molecule has 1 unspecified atom stereocenters. The van der Waals surface area contributed by atoms with Crippen LogP contribution in [0.5, 0.6) is 11.6 Å². The van der Waals surface area contributed by atoms with E-state index in [4.69, 9.17) is 40.8 Å². The molecule has 2 aromatic heterocycles. The van der Waals surface area contributed by atoms with Crippen LogP contribution in [0.1, 0.15) is 52.2 Å². The van der Waals surface area contributed by atoms with Crippen molar-refractivity contribution in [3.63, 3.8) is 0 Å². The second kappa shape index (κ2) is 13.0. The van der Waals surface area contributed by atoms with E-state index in [9.17, 15) is 15.0 Å². The number of nitrogen functional groups attached to an aromatic ring is 1. The van der Waals surface area contributed by atoms with E-state index in [1.54, 1.807) is 31.2 Å². The highest BCUT2D eigenvalue weighted by Crippen LogP contribution is 2.47. The molecule has 2 fully saturated rings. The molecular weight excluding hydrogens is 599 g/mol. The van der Waals surface area contributed by atoms with Crippen LogP contribution < -0.4 is 20.1 Å². The molecule has 1 aliphatic carbocycles. The summed E-state index contributed by atoms with van der Waals surface area (Å²) >= 11 is 5.82. The van der Waals surface area contributed by atoms with Gasteiger partial charge >= 0.3 is 12.6 Å². The normalized spacial score (nSPS) is 26.6. The van der Waals surface area contributed by atoms with Gasteiger partial charge in [-0.3, -0.25) is 9.36 Å². The van der Waals surface area contributed by atoms with Gasteiger partial charge < -0.3 is 39.2 Å². The number of nitrogens with one attached hydrogen (secondary N) is 1. The van der Waals surface area contributed by atoms with Crippen LogP contribution in [0.3, 0.4) is 0 Å². The first-order chi connectivity index (χ1) is 20.5. The van der Waals surface area contributed by atoms with Crippen molar-refractivity contribution in [2.45, 2.75) is 82.1 Å². The Kier molecular flexibility index (Phi) is 9.52. The number of hydrogen-bond donors (Lipinski definition) is 4. The van der Waals surface area contributed by atoms with Crippen molar-refractivity contribution in [3.8, 4) is 11.6 Å². The summed E-state index contributed by atoms with van der Waals surface area (Å²) in [4.78, 5) is 25.5. The minimum atomic E-state index is -3.42. The SMILES string of the molecule is COc1nc(N)nc2c1ncn2[C@@H]1O[C@H](COP(=S)(N[C@@H](C)C(=O)OC2CCCCC2)Oc2ccccc2)[C@@H](O)[C@@]1(C)O.